The highest BCUT2D eigenvalue weighted by Crippen LogP contribution is 2.18. The van der Waals surface area contributed by atoms with Crippen LogP contribution in [0.25, 0.3) is 0 Å². The fourth-order valence-electron chi connectivity index (χ4n) is 1.12. The van der Waals surface area contributed by atoms with E-state index in [2.05, 4.69) is 15.5 Å². The van der Waals surface area contributed by atoms with Crippen LogP contribution in [0.5, 0.6) is 0 Å². The Balaban J connectivity index is 0.000000845. The predicted octanol–water partition coefficient (Wildman–Crippen LogP) is 1.09. The van der Waals surface area contributed by atoms with E-state index in [1.54, 1.807) is 0 Å². The van der Waals surface area contributed by atoms with Crippen molar-refractivity contribution >= 4 is 12.4 Å². The van der Waals surface area contributed by atoms with E-state index in [0.29, 0.717) is 5.89 Å². The lowest BCUT2D eigenvalue weighted by atomic mass is 10.4. The van der Waals surface area contributed by atoms with Crippen LogP contribution in [0.1, 0.15) is 24.6 Å². The molecule has 1 heterocycles. The van der Waals surface area contributed by atoms with Gasteiger partial charge in [-0.2, -0.15) is 4.98 Å². The van der Waals surface area contributed by atoms with Gasteiger partial charge >= 0.3 is 0 Å². The fourth-order valence-corrected chi connectivity index (χ4v) is 1.12. The molecule has 0 radical (unpaired) electrons. The fraction of sp³-hybridized carbons (Fsp3) is 0.750. The third kappa shape index (κ3) is 3.32. The first-order valence-electron chi connectivity index (χ1n) is 4.37. The molecular weight excluding hydrogens is 190 g/mol. The lowest BCUT2D eigenvalue weighted by Crippen LogP contribution is -2.19. The number of hydrogen-bond acceptors (Lipinski definition) is 4. The second-order valence-electron chi connectivity index (χ2n) is 3.21. The van der Waals surface area contributed by atoms with Gasteiger partial charge < -0.3 is 9.84 Å². The molecular formula is C8H14ClN3O. The molecule has 0 unspecified atom stereocenters. The standard InChI is InChI=1S/C8H13N3O.ClH/c1-6-10-8(11-12-6)4-5-9-7-2-3-7;/h7,9H,2-5H2,1H3;1H. The normalized spacial score (nSPS) is 15.5. The highest BCUT2D eigenvalue weighted by Gasteiger charge is 2.19. The van der Waals surface area contributed by atoms with Crippen LogP contribution >= 0.6 is 12.4 Å². The Morgan fingerprint density at radius 2 is 2.31 bits per heavy atom. The Bertz CT molecular complexity index is 260. The molecule has 1 N–H and O–H groups in total. The predicted molar refractivity (Wildman–Crippen MR) is 51.0 cm³/mol. The van der Waals surface area contributed by atoms with Gasteiger partial charge in [0.1, 0.15) is 0 Å². The van der Waals surface area contributed by atoms with E-state index in [1.165, 1.54) is 12.8 Å². The number of nitrogens with zero attached hydrogens (tertiary/aromatic N) is 2. The average molecular weight is 204 g/mol. The van der Waals surface area contributed by atoms with E-state index in [1.807, 2.05) is 6.92 Å². The van der Waals surface area contributed by atoms with E-state index in [4.69, 9.17) is 4.52 Å². The molecule has 74 valence electrons. The van der Waals surface area contributed by atoms with Crippen molar-refractivity contribution < 1.29 is 4.52 Å². The average Bonchev–Trinajstić information content (AvgIpc) is 2.76. The van der Waals surface area contributed by atoms with Gasteiger partial charge in [-0.1, -0.05) is 5.16 Å². The summed E-state index contributed by atoms with van der Waals surface area (Å²) < 4.78 is 4.85. The molecule has 0 spiro atoms. The highest BCUT2D eigenvalue weighted by molar-refractivity contribution is 5.85. The number of aromatic nitrogens is 2. The summed E-state index contributed by atoms with van der Waals surface area (Å²) in [6, 6.07) is 0.762. The van der Waals surface area contributed by atoms with Gasteiger partial charge in [-0.25, -0.2) is 0 Å². The van der Waals surface area contributed by atoms with Crippen LogP contribution in [0.2, 0.25) is 0 Å². The Kier molecular flexibility index (Phi) is 3.69. The van der Waals surface area contributed by atoms with Crippen molar-refractivity contribution in [2.75, 3.05) is 6.54 Å². The van der Waals surface area contributed by atoms with Crippen molar-refractivity contribution in [3.8, 4) is 0 Å². The van der Waals surface area contributed by atoms with Crippen LogP contribution in [-0.4, -0.2) is 22.7 Å². The molecule has 0 saturated heterocycles. The van der Waals surface area contributed by atoms with Crippen LogP contribution in [0.4, 0.5) is 0 Å². The Morgan fingerprint density at radius 3 is 2.85 bits per heavy atom. The topological polar surface area (TPSA) is 51.0 Å². The van der Waals surface area contributed by atoms with Crippen LogP contribution < -0.4 is 5.32 Å². The minimum atomic E-state index is 0. The number of hydrogen-bond donors (Lipinski definition) is 1. The molecule has 13 heavy (non-hydrogen) atoms. The molecule has 1 aliphatic carbocycles. The van der Waals surface area contributed by atoms with Crippen LogP contribution in [-0.2, 0) is 6.42 Å². The molecule has 2 rings (SSSR count). The summed E-state index contributed by atoms with van der Waals surface area (Å²) in [5.41, 5.74) is 0. The van der Waals surface area contributed by atoms with Crippen molar-refractivity contribution in [1.82, 2.24) is 15.5 Å². The first-order chi connectivity index (χ1) is 5.84. The van der Waals surface area contributed by atoms with Crippen LogP contribution in [0.3, 0.4) is 0 Å². The molecule has 1 aromatic rings. The second-order valence-corrected chi connectivity index (χ2v) is 3.21. The van der Waals surface area contributed by atoms with Crippen LogP contribution in [0.15, 0.2) is 4.52 Å². The largest absolute Gasteiger partial charge is 0.340 e. The van der Waals surface area contributed by atoms with Gasteiger partial charge in [0.25, 0.3) is 0 Å². The zero-order valence-corrected chi connectivity index (χ0v) is 8.43. The molecule has 1 fully saturated rings. The van der Waals surface area contributed by atoms with Crippen molar-refractivity contribution in [3.63, 3.8) is 0 Å². The third-order valence-electron chi connectivity index (χ3n) is 1.93. The van der Waals surface area contributed by atoms with Gasteiger partial charge in [-0.15, -0.1) is 12.4 Å². The van der Waals surface area contributed by atoms with Crippen LogP contribution in [0, 0.1) is 6.92 Å². The molecule has 1 aliphatic rings. The molecule has 0 aromatic carbocycles. The van der Waals surface area contributed by atoms with Gasteiger partial charge in [0.05, 0.1) is 0 Å². The monoisotopic (exact) mass is 203 g/mol. The van der Waals surface area contributed by atoms with Gasteiger partial charge in [0.15, 0.2) is 5.82 Å². The summed E-state index contributed by atoms with van der Waals surface area (Å²) in [4.78, 5) is 4.11. The summed E-state index contributed by atoms with van der Waals surface area (Å²) in [5.74, 6) is 1.46. The van der Waals surface area contributed by atoms with Gasteiger partial charge in [0, 0.05) is 25.9 Å². The Morgan fingerprint density at radius 1 is 1.54 bits per heavy atom. The van der Waals surface area contributed by atoms with E-state index in [-0.39, 0.29) is 12.4 Å². The molecule has 4 nitrogen and oxygen atoms in total. The molecule has 0 aliphatic heterocycles. The van der Waals surface area contributed by atoms with E-state index in [9.17, 15) is 0 Å². The second kappa shape index (κ2) is 4.58. The number of nitrogens with one attached hydrogen (secondary N) is 1. The molecule has 0 atom stereocenters. The van der Waals surface area contributed by atoms with E-state index >= 15 is 0 Å². The highest BCUT2D eigenvalue weighted by atomic mass is 35.5. The van der Waals surface area contributed by atoms with Crippen molar-refractivity contribution in [2.24, 2.45) is 0 Å². The zero-order chi connectivity index (χ0) is 8.39. The maximum absolute atomic E-state index is 4.85. The number of aryl methyl sites for hydroxylation is 1. The lowest BCUT2D eigenvalue weighted by Gasteiger charge is -1.96. The van der Waals surface area contributed by atoms with Gasteiger partial charge in [-0.3, -0.25) is 0 Å². The minimum absolute atomic E-state index is 0. The molecule has 1 saturated carbocycles. The molecule has 0 amide bonds. The summed E-state index contributed by atoms with van der Waals surface area (Å²) >= 11 is 0. The summed E-state index contributed by atoms with van der Waals surface area (Å²) in [6.45, 7) is 2.77. The SMILES string of the molecule is Cc1nc(CCNC2CC2)no1.Cl. The van der Waals surface area contributed by atoms with Gasteiger partial charge in [-0.05, 0) is 12.8 Å². The molecule has 1 aromatic heterocycles. The quantitative estimate of drug-likeness (QED) is 0.796. The molecule has 0 bridgehead atoms. The lowest BCUT2D eigenvalue weighted by molar-refractivity contribution is 0.387. The van der Waals surface area contributed by atoms with Gasteiger partial charge in [0.2, 0.25) is 5.89 Å². The summed E-state index contributed by atoms with van der Waals surface area (Å²) in [6.07, 6.45) is 3.52. The Labute approximate surface area is 83.5 Å². The Hall–Kier alpha value is -0.610. The maximum Gasteiger partial charge on any atom is 0.223 e. The summed E-state index contributed by atoms with van der Waals surface area (Å²) in [5, 5.41) is 7.20. The van der Waals surface area contributed by atoms with E-state index in [0.717, 1.165) is 24.8 Å². The third-order valence-corrected chi connectivity index (χ3v) is 1.93. The van der Waals surface area contributed by atoms with Crippen molar-refractivity contribution in [1.29, 1.82) is 0 Å². The molecule has 5 heteroatoms. The number of rotatable bonds is 4. The summed E-state index contributed by atoms with van der Waals surface area (Å²) in [7, 11) is 0. The van der Waals surface area contributed by atoms with E-state index < -0.39 is 0 Å². The zero-order valence-electron chi connectivity index (χ0n) is 7.62. The smallest absolute Gasteiger partial charge is 0.223 e. The number of halogens is 1. The van der Waals surface area contributed by atoms with Crippen molar-refractivity contribution in [3.05, 3.63) is 11.7 Å². The maximum atomic E-state index is 4.85. The minimum Gasteiger partial charge on any atom is -0.340 e. The van der Waals surface area contributed by atoms with Crippen molar-refractivity contribution in [2.45, 2.75) is 32.2 Å². The first-order valence-corrected chi connectivity index (χ1v) is 4.37. The first kappa shape index (κ1) is 10.5.